The third-order valence-corrected chi connectivity index (χ3v) is 3.78. The predicted octanol–water partition coefficient (Wildman–Crippen LogP) is 0.553. The molecule has 1 aliphatic heterocycles. The van der Waals surface area contributed by atoms with E-state index >= 15 is 0 Å². The van der Waals surface area contributed by atoms with E-state index in [2.05, 4.69) is 0 Å². The summed E-state index contributed by atoms with van der Waals surface area (Å²) >= 11 is 0. The van der Waals surface area contributed by atoms with Gasteiger partial charge in [0.2, 0.25) is 11.8 Å². The van der Waals surface area contributed by atoms with E-state index in [4.69, 9.17) is 11.5 Å². The zero-order chi connectivity index (χ0) is 14.7. The van der Waals surface area contributed by atoms with Crippen LogP contribution < -0.4 is 11.5 Å². The Hall–Kier alpha value is -1.88. The molecule has 0 aliphatic carbocycles. The largest absolute Gasteiger partial charge is 0.368 e. The molecule has 0 bridgehead atoms. The summed E-state index contributed by atoms with van der Waals surface area (Å²) in [4.78, 5) is 25.6. The fourth-order valence-electron chi connectivity index (χ4n) is 2.66. The topological polar surface area (TPSA) is 89.4 Å². The summed E-state index contributed by atoms with van der Waals surface area (Å²) < 4.78 is 0. The van der Waals surface area contributed by atoms with Gasteiger partial charge < -0.3 is 16.4 Å². The molecular formula is C15H21N3O2. The number of primary amides is 1. The van der Waals surface area contributed by atoms with Crippen molar-refractivity contribution in [1.82, 2.24) is 4.90 Å². The lowest BCUT2D eigenvalue weighted by Crippen LogP contribution is -2.55. The van der Waals surface area contributed by atoms with Gasteiger partial charge >= 0.3 is 0 Å². The summed E-state index contributed by atoms with van der Waals surface area (Å²) in [6.07, 6.45) is 1.91. The van der Waals surface area contributed by atoms with Gasteiger partial charge in [-0.3, -0.25) is 9.59 Å². The fraction of sp³-hybridized carbons (Fsp3) is 0.467. The number of carbonyl (C=O) groups is 2. The number of nitrogens with zero attached hydrogens (tertiary/aromatic N) is 1. The molecule has 0 spiro atoms. The summed E-state index contributed by atoms with van der Waals surface area (Å²) in [6, 6.07) is 6.64. The summed E-state index contributed by atoms with van der Waals surface area (Å²) in [5.74, 6) is -0.665. The molecular weight excluding hydrogens is 254 g/mol. The lowest BCUT2D eigenvalue weighted by atomic mass is 9.92. The van der Waals surface area contributed by atoms with E-state index in [0.717, 1.165) is 17.5 Å². The number of fused-ring (bicyclic) bond motifs is 1. The molecule has 5 nitrogen and oxygen atoms in total. The van der Waals surface area contributed by atoms with E-state index in [1.165, 1.54) is 4.90 Å². The van der Waals surface area contributed by atoms with Crippen LogP contribution in [0, 0.1) is 0 Å². The van der Waals surface area contributed by atoms with Gasteiger partial charge in [0.05, 0.1) is 6.04 Å². The number of amides is 2. The lowest BCUT2D eigenvalue weighted by Gasteiger charge is -2.36. The Labute approximate surface area is 118 Å². The van der Waals surface area contributed by atoms with E-state index in [1.807, 2.05) is 31.2 Å². The highest BCUT2D eigenvalue weighted by Crippen LogP contribution is 2.24. The fourth-order valence-corrected chi connectivity index (χ4v) is 2.66. The maximum Gasteiger partial charge on any atom is 0.240 e. The minimum atomic E-state index is -0.597. The number of carbonyl (C=O) groups excluding carboxylic acids is 2. The van der Waals surface area contributed by atoms with Gasteiger partial charge in [-0.1, -0.05) is 37.6 Å². The van der Waals surface area contributed by atoms with Crippen molar-refractivity contribution in [3.63, 3.8) is 0 Å². The Morgan fingerprint density at radius 2 is 2.00 bits per heavy atom. The normalized spacial score (nSPS) is 19.3. The van der Waals surface area contributed by atoms with Gasteiger partial charge in [0, 0.05) is 13.0 Å². The van der Waals surface area contributed by atoms with Gasteiger partial charge in [-0.2, -0.15) is 0 Å². The molecule has 20 heavy (non-hydrogen) atoms. The maximum atomic E-state index is 12.4. The van der Waals surface area contributed by atoms with Crippen molar-refractivity contribution >= 4 is 11.8 Å². The lowest BCUT2D eigenvalue weighted by molar-refractivity contribution is -0.141. The molecule has 0 aromatic heterocycles. The number of benzene rings is 1. The Bertz CT molecular complexity index is 516. The predicted molar refractivity (Wildman–Crippen MR) is 76.6 cm³/mol. The van der Waals surface area contributed by atoms with Crippen molar-refractivity contribution in [2.75, 3.05) is 0 Å². The molecule has 0 unspecified atom stereocenters. The molecule has 2 atom stereocenters. The number of hydrogen-bond acceptors (Lipinski definition) is 3. The number of nitrogens with two attached hydrogens (primary N) is 2. The monoisotopic (exact) mass is 275 g/mol. The molecule has 1 aromatic carbocycles. The molecule has 0 saturated heterocycles. The minimum absolute atomic E-state index is 0.190. The molecule has 5 heteroatoms. The van der Waals surface area contributed by atoms with Crippen molar-refractivity contribution in [2.45, 2.75) is 44.8 Å². The molecule has 0 fully saturated rings. The zero-order valence-electron chi connectivity index (χ0n) is 11.7. The van der Waals surface area contributed by atoms with Gasteiger partial charge in [-0.15, -0.1) is 0 Å². The van der Waals surface area contributed by atoms with Crippen LogP contribution in [-0.2, 0) is 22.6 Å². The maximum absolute atomic E-state index is 12.4. The summed E-state index contributed by atoms with van der Waals surface area (Å²) in [6.45, 7) is 2.38. The smallest absolute Gasteiger partial charge is 0.240 e. The van der Waals surface area contributed by atoms with Gasteiger partial charge in [0.25, 0.3) is 0 Å². The highest BCUT2D eigenvalue weighted by atomic mass is 16.2. The standard InChI is InChI=1S/C15H21N3O2/c1-2-5-12(16)15(20)18-9-11-7-4-3-6-10(11)8-13(18)14(17)19/h3-4,6-7,12-13H,2,5,8-9,16H2,1H3,(H2,17,19)/t12-,13+/m1/s1. The average Bonchev–Trinajstić information content (AvgIpc) is 2.45. The van der Waals surface area contributed by atoms with Crippen LogP contribution in [0.1, 0.15) is 30.9 Å². The third kappa shape index (κ3) is 2.82. The van der Waals surface area contributed by atoms with Crippen LogP contribution in [-0.4, -0.2) is 28.8 Å². The van der Waals surface area contributed by atoms with Gasteiger partial charge in [0.15, 0.2) is 0 Å². The first kappa shape index (κ1) is 14.5. The van der Waals surface area contributed by atoms with Gasteiger partial charge in [0.1, 0.15) is 6.04 Å². The molecule has 2 rings (SSSR count). The van der Waals surface area contributed by atoms with Crippen LogP contribution in [0.25, 0.3) is 0 Å². The van der Waals surface area contributed by atoms with Crippen molar-refractivity contribution < 1.29 is 9.59 Å². The molecule has 0 radical (unpaired) electrons. The van der Waals surface area contributed by atoms with E-state index in [-0.39, 0.29) is 5.91 Å². The van der Waals surface area contributed by atoms with Crippen LogP contribution >= 0.6 is 0 Å². The Balaban J connectivity index is 2.26. The molecule has 1 aliphatic rings. The van der Waals surface area contributed by atoms with Gasteiger partial charge in [-0.05, 0) is 17.5 Å². The highest BCUT2D eigenvalue weighted by Gasteiger charge is 2.34. The zero-order valence-corrected chi connectivity index (χ0v) is 11.7. The first-order chi connectivity index (χ1) is 9.54. The second kappa shape index (κ2) is 6.05. The summed E-state index contributed by atoms with van der Waals surface area (Å²) in [5, 5.41) is 0. The second-order valence-corrected chi connectivity index (χ2v) is 5.25. The van der Waals surface area contributed by atoms with Crippen LogP contribution in [0.2, 0.25) is 0 Å². The Morgan fingerprint density at radius 1 is 1.35 bits per heavy atom. The summed E-state index contributed by atoms with van der Waals surface area (Å²) in [5.41, 5.74) is 13.5. The van der Waals surface area contributed by atoms with E-state index in [0.29, 0.717) is 19.4 Å². The van der Waals surface area contributed by atoms with E-state index < -0.39 is 18.0 Å². The quantitative estimate of drug-likeness (QED) is 0.841. The first-order valence-electron chi connectivity index (χ1n) is 6.96. The number of rotatable bonds is 4. The average molecular weight is 275 g/mol. The molecule has 1 aromatic rings. The molecule has 108 valence electrons. The minimum Gasteiger partial charge on any atom is -0.368 e. The SMILES string of the molecule is CCC[C@@H](N)C(=O)N1Cc2ccccc2C[C@H]1C(N)=O. The van der Waals surface area contributed by atoms with Gasteiger partial charge in [-0.25, -0.2) is 0 Å². The van der Waals surface area contributed by atoms with Crippen molar-refractivity contribution in [2.24, 2.45) is 11.5 Å². The Kier molecular flexibility index (Phi) is 4.39. The van der Waals surface area contributed by atoms with E-state index in [1.54, 1.807) is 0 Å². The van der Waals surface area contributed by atoms with Crippen molar-refractivity contribution in [3.8, 4) is 0 Å². The van der Waals surface area contributed by atoms with Crippen LogP contribution in [0.15, 0.2) is 24.3 Å². The van der Waals surface area contributed by atoms with Crippen molar-refractivity contribution in [3.05, 3.63) is 35.4 Å². The molecule has 0 saturated carbocycles. The highest BCUT2D eigenvalue weighted by molar-refractivity contribution is 5.89. The van der Waals surface area contributed by atoms with Crippen LogP contribution in [0.4, 0.5) is 0 Å². The van der Waals surface area contributed by atoms with Crippen molar-refractivity contribution in [1.29, 1.82) is 0 Å². The van der Waals surface area contributed by atoms with Crippen LogP contribution in [0.5, 0.6) is 0 Å². The summed E-state index contributed by atoms with van der Waals surface area (Å²) in [7, 11) is 0. The Morgan fingerprint density at radius 3 is 2.60 bits per heavy atom. The third-order valence-electron chi connectivity index (χ3n) is 3.78. The first-order valence-corrected chi connectivity index (χ1v) is 6.96. The molecule has 2 amide bonds. The molecule has 4 N–H and O–H groups in total. The second-order valence-electron chi connectivity index (χ2n) is 5.25. The van der Waals surface area contributed by atoms with E-state index in [9.17, 15) is 9.59 Å². The number of hydrogen-bond donors (Lipinski definition) is 2. The molecule has 1 heterocycles. The van der Waals surface area contributed by atoms with Crippen LogP contribution in [0.3, 0.4) is 0 Å².